The third-order valence-corrected chi connectivity index (χ3v) is 7.58. The van der Waals surface area contributed by atoms with Gasteiger partial charge in [0.2, 0.25) is 11.5 Å². The van der Waals surface area contributed by atoms with Crippen molar-refractivity contribution in [3.8, 4) is 11.3 Å². The molecule has 1 aliphatic rings. The van der Waals surface area contributed by atoms with Gasteiger partial charge in [0.1, 0.15) is 12.2 Å². The van der Waals surface area contributed by atoms with Crippen LogP contribution in [0.4, 0.5) is 8.78 Å². The number of nitrogens with zero attached hydrogens (tertiary/aromatic N) is 1. The summed E-state index contributed by atoms with van der Waals surface area (Å²) in [5.74, 6) is 0.0975. The van der Waals surface area contributed by atoms with Gasteiger partial charge in [0.05, 0.1) is 12.8 Å². The largest absolute Gasteiger partial charge is 0.490 e. The first-order chi connectivity index (χ1) is 14.9. The highest BCUT2D eigenvalue weighted by molar-refractivity contribution is 7.66. The van der Waals surface area contributed by atoms with Crippen LogP contribution in [0, 0.1) is 17.1 Å². The highest BCUT2D eigenvalue weighted by Crippen LogP contribution is 2.66. The molecule has 1 aromatic rings. The summed E-state index contributed by atoms with van der Waals surface area (Å²) in [4.78, 5) is 60.0. The maximum atomic E-state index is 15.4. The highest BCUT2D eigenvalue weighted by Gasteiger charge is 2.58. The minimum absolute atomic E-state index is 0.145. The van der Waals surface area contributed by atoms with Gasteiger partial charge in [0.15, 0.2) is 6.23 Å². The monoisotopic (exact) mass is 562 g/mol. The molecule has 0 bridgehead atoms. The number of hydrogen-bond donors (Lipinski definition) is 6. The molecule has 22 heteroatoms. The van der Waals surface area contributed by atoms with Gasteiger partial charge in [-0.25, -0.2) is 22.9 Å². The van der Waals surface area contributed by atoms with Crippen molar-refractivity contribution < 1.29 is 65.0 Å². The van der Waals surface area contributed by atoms with Gasteiger partial charge >= 0.3 is 29.2 Å². The third-order valence-electron chi connectivity index (χ3n) is 3.68. The molecule has 3 unspecified atom stereocenters. The Labute approximate surface area is 185 Å². The number of phosphoric ester groups is 1. The molecule has 6 atom stereocenters. The molecule has 1 fully saturated rings. The Morgan fingerprint density at radius 1 is 1.21 bits per heavy atom. The summed E-state index contributed by atoms with van der Waals surface area (Å²) in [7, 11) is -17.2. The SMILES string of the molecule is O=c1[nH]c(=O)n([C@@H]2O[C@H](COP(=O)(O)OP(=O)(O)OP(=O)(O)O)[C@H](O)C2(F)C#CCl)cc1F. The number of alkyl halides is 1. The van der Waals surface area contributed by atoms with Crippen LogP contribution in [0.15, 0.2) is 15.8 Å². The number of halogens is 3. The van der Waals surface area contributed by atoms with Crippen molar-refractivity contribution in [1.82, 2.24) is 9.55 Å². The van der Waals surface area contributed by atoms with Crippen LogP contribution in [-0.2, 0) is 31.6 Å². The van der Waals surface area contributed by atoms with Crippen LogP contribution >= 0.6 is 35.1 Å². The zero-order valence-corrected chi connectivity index (χ0v) is 18.8. The number of nitrogens with one attached hydrogen (secondary N) is 1. The number of aliphatic hydroxyl groups is 1. The van der Waals surface area contributed by atoms with E-state index in [4.69, 9.17) is 31.0 Å². The number of rotatable bonds is 8. The van der Waals surface area contributed by atoms with Gasteiger partial charge in [-0.2, -0.15) is 13.0 Å². The molecule has 0 aromatic carbocycles. The number of hydrogen-bond acceptors (Lipinski definition) is 10. The summed E-state index contributed by atoms with van der Waals surface area (Å²) in [6, 6.07) is 0. The van der Waals surface area contributed by atoms with Gasteiger partial charge in [-0.1, -0.05) is 0 Å². The molecule has 6 N–H and O–H groups in total. The standard InChI is InChI=1S/C11H12ClF2N2O14P3/c12-2-1-11(14)7(17)6(28-9(11)16-3-5(13)8(18)15-10(16)19)4-27-32(23,24)30-33(25,26)29-31(20,21)22/h3,6-7,9,17H,4H2,(H,23,24)(H,25,26)(H,15,18,19)(H2,20,21,22)/t6-,7+,9-,11?/m1/s1. The van der Waals surface area contributed by atoms with Crippen molar-refractivity contribution in [2.45, 2.75) is 24.1 Å². The van der Waals surface area contributed by atoms with Gasteiger partial charge in [-0.05, 0) is 17.5 Å². The third kappa shape index (κ3) is 6.87. The second-order valence-corrected chi connectivity index (χ2v) is 10.6. The van der Waals surface area contributed by atoms with Crippen molar-refractivity contribution >= 4 is 35.1 Å². The number of aromatic amines is 1. The van der Waals surface area contributed by atoms with Gasteiger partial charge < -0.3 is 29.4 Å². The lowest BCUT2D eigenvalue weighted by Crippen LogP contribution is -2.45. The molecular weight excluding hydrogens is 550 g/mol. The lowest BCUT2D eigenvalue weighted by atomic mass is 9.97. The van der Waals surface area contributed by atoms with E-state index in [-0.39, 0.29) is 10.8 Å². The average molecular weight is 563 g/mol. The molecule has 2 heterocycles. The fourth-order valence-corrected chi connectivity index (χ4v) is 5.64. The van der Waals surface area contributed by atoms with Crippen molar-refractivity contribution in [3.63, 3.8) is 0 Å². The molecule has 0 spiro atoms. The topological polar surface area (TPSA) is 244 Å². The van der Waals surface area contributed by atoms with Crippen LogP contribution in [0.3, 0.4) is 0 Å². The summed E-state index contributed by atoms with van der Waals surface area (Å²) in [5.41, 5.74) is -6.17. The van der Waals surface area contributed by atoms with Crippen LogP contribution in [-0.4, -0.2) is 58.7 Å². The van der Waals surface area contributed by atoms with E-state index in [0.717, 1.165) is 0 Å². The molecule has 1 saturated heterocycles. The van der Waals surface area contributed by atoms with E-state index in [2.05, 4.69) is 13.1 Å². The van der Waals surface area contributed by atoms with Gasteiger partial charge in [0, 0.05) is 5.38 Å². The molecule has 16 nitrogen and oxygen atoms in total. The van der Waals surface area contributed by atoms with E-state index in [1.807, 2.05) is 0 Å². The number of aromatic nitrogens is 2. The molecular formula is C11H12ClF2N2O14P3. The molecule has 0 aliphatic carbocycles. The van der Waals surface area contributed by atoms with Crippen LogP contribution in [0.5, 0.6) is 0 Å². The quantitative estimate of drug-likeness (QED) is 0.168. The normalized spacial score (nSPS) is 29.0. The van der Waals surface area contributed by atoms with E-state index in [9.17, 15) is 37.7 Å². The van der Waals surface area contributed by atoms with Gasteiger partial charge in [-0.3, -0.25) is 18.9 Å². The average Bonchev–Trinajstić information content (AvgIpc) is 2.85. The zero-order valence-electron chi connectivity index (χ0n) is 15.3. The lowest BCUT2D eigenvalue weighted by molar-refractivity contribution is -0.0539. The molecule has 0 amide bonds. The first-order valence-electron chi connectivity index (χ1n) is 7.85. The van der Waals surface area contributed by atoms with Crippen molar-refractivity contribution in [2.24, 2.45) is 0 Å². The molecule has 1 aromatic heterocycles. The van der Waals surface area contributed by atoms with E-state index in [1.54, 1.807) is 11.3 Å². The molecule has 33 heavy (non-hydrogen) atoms. The number of H-pyrrole nitrogens is 1. The Morgan fingerprint density at radius 3 is 2.36 bits per heavy atom. The number of phosphoric acid groups is 3. The fourth-order valence-electron chi connectivity index (χ4n) is 2.47. The summed E-state index contributed by atoms with van der Waals surface area (Å²) in [6.07, 6.45) is -6.52. The first kappa shape index (κ1) is 28.0. The van der Waals surface area contributed by atoms with Crippen molar-refractivity contribution in [2.75, 3.05) is 6.61 Å². The highest BCUT2D eigenvalue weighted by atomic mass is 35.5. The van der Waals surface area contributed by atoms with Crippen molar-refractivity contribution in [1.29, 1.82) is 0 Å². The van der Waals surface area contributed by atoms with E-state index < -0.39 is 71.2 Å². The summed E-state index contributed by atoms with van der Waals surface area (Å²) < 4.78 is 79.0. The molecule has 0 radical (unpaired) electrons. The Balaban J connectivity index is 2.28. The van der Waals surface area contributed by atoms with E-state index in [1.165, 1.54) is 4.98 Å². The van der Waals surface area contributed by atoms with Crippen molar-refractivity contribution in [3.05, 3.63) is 32.9 Å². The van der Waals surface area contributed by atoms with Gasteiger partial charge in [0.25, 0.3) is 5.56 Å². The Bertz CT molecular complexity index is 1240. The Morgan fingerprint density at radius 2 is 1.82 bits per heavy atom. The van der Waals surface area contributed by atoms with E-state index >= 15 is 4.39 Å². The molecule has 2 rings (SSSR count). The molecule has 186 valence electrons. The minimum Gasteiger partial charge on any atom is -0.386 e. The van der Waals surface area contributed by atoms with E-state index in [0.29, 0.717) is 0 Å². The Hall–Kier alpha value is -1.28. The first-order valence-corrected chi connectivity index (χ1v) is 12.8. The predicted octanol–water partition coefficient (Wildman–Crippen LogP) is -0.815. The maximum absolute atomic E-state index is 15.4. The fraction of sp³-hybridized carbons (Fsp3) is 0.455. The smallest absolute Gasteiger partial charge is 0.386 e. The predicted molar refractivity (Wildman–Crippen MR) is 98.5 cm³/mol. The maximum Gasteiger partial charge on any atom is 0.490 e. The van der Waals surface area contributed by atoms with Crippen LogP contribution < -0.4 is 11.2 Å². The molecule has 0 saturated carbocycles. The second kappa shape index (κ2) is 9.76. The van der Waals surface area contributed by atoms with Gasteiger partial charge in [-0.15, -0.1) is 0 Å². The number of ether oxygens (including phenoxy) is 1. The lowest BCUT2D eigenvalue weighted by Gasteiger charge is -2.23. The number of aliphatic hydroxyl groups excluding tert-OH is 1. The minimum atomic E-state index is -5.86. The summed E-state index contributed by atoms with van der Waals surface area (Å²) in [6.45, 7) is -1.34. The second-order valence-electron chi connectivity index (χ2n) is 5.99. The zero-order chi connectivity index (χ0) is 25.4. The van der Waals surface area contributed by atoms with Crippen LogP contribution in [0.2, 0.25) is 0 Å². The summed E-state index contributed by atoms with van der Waals surface area (Å²) in [5, 5.41) is 11.8. The molecule has 1 aliphatic heterocycles. The van der Waals surface area contributed by atoms with Crippen LogP contribution in [0.25, 0.3) is 0 Å². The Kier molecular flexibility index (Phi) is 8.27. The van der Waals surface area contributed by atoms with Crippen LogP contribution in [0.1, 0.15) is 6.23 Å². The summed E-state index contributed by atoms with van der Waals surface area (Å²) >= 11 is 5.15.